The van der Waals surface area contributed by atoms with Crippen molar-refractivity contribution in [3.8, 4) is 5.75 Å². The Morgan fingerprint density at radius 2 is 1.52 bits per heavy atom. The predicted molar refractivity (Wildman–Crippen MR) is 113 cm³/mol. The first-order valence-corrected chi connectivity index (χ1v) is 9.76. The van der Waals surface area contributed by atoms with Gasteiger partial charge in [-0.15, -0.1) is 12.4 Å². The standard InChI is InChI=1S/C22H25N3O3.ClH/c26-21(24-10-12-25(13-11-24)22(27)19-14-23-15-19)18-6-8-20(9-7-18)28-16-17-4-2-1-3-5-17;/h1-9,19,23H,10-16H2;1H. The van der Waals surface area contributed by atoms with Crippen molar-refractivity contribution in [2.45, 2.75) is 6.61 Å². The van der Waals surface area contributed by atoms with Gasteiger partial charge in [-0.2, -0.15) is 0 Å². The summed E-state index contributed by atoms with van der Waals surface area (Å²) in [7, 11) is 0. The van der Waals surface area contributed by atoms with Crippen LogP contribution in [0.5, 0.6) is 5.75 Å². The van der Waals surface area contributed by atoms with Gasteiger partial charge in [0.1, 0.15) is 12.4 Å². The number of amides is 2. The average Bonchev–Trinajstić information content (AvgIpc) is 2.72. The van der Waals surface area contributed by atoms with Crippen molar-refractivity contribution in [2.75, 3.05) is 39.3 Å². The Balaban J connectivity index is 0.00000240. The molecule has 0 unspecified atom stereocenters. The van der Waals surface area contributed by atoms with E-state index in [9.17, 15) is 9.59 Å². The lowest BCUT2D eigenvalue weighted by Crippen LogP contribution is -2.57. The number of hydrogen-bond acceptors (Lipinski definition) is 4. The molecule has 2 aromatic carbocycles. The molecule has 29 heavy (non-hydrogen) atoms. The molecule has 7 heteroatoms. The number of piperazine rings is 1. The van der Waals surface area contributed by atoms with Gasteiger partial charge < -0.3 is 19.9 Å². The summed E-state index contributed by atoms with van der Waals surface area (Å²) in [6.45, 7) is 4.43. The third-order valence-electron chi connectivity index (χ3n) is 5.36. The minimum absolute atomic E-state index is 0. The van der Waals surface area contributed by atoms with E-state index in [1.807, 2.05) is 52.3 Å². The van der Waals surface area contributed by atoms with Gasteiger partial charge in [-0.25, -0.2) is 0 Å². The highest BCUT2D eigenvalue weighted by molar-refractivity contribution is 5.94. The second-order valence-electron chi connectivity index (χ2n) is 7.27. The molecule has 0 spiro atoms. The largest absolute Gasteiger partial charge is 0.489 e. The first-order chi connectivity index (χ1) is 13.7. The summed E-state index contributed by atoms with van der Waals surface area (Å²) in [6.07, 6.45) is 0. The van der Waals surface area contributed by atoms with E-state index in [0.717, 1.165) is 24.4 Å². The Hall–Kier alpha value is -2.57. The zero-order chi connectivity index (χ0) is 19.3. The summed E-state index contributed by atoms with van der Waals surface area (Å²) in [5.74, 6) is 1.08. The summed E-state index contributed by atoms with van der Waals surface area (Å²) in [5, 5.41) is 3.13. The number of nitrogens with one attached hydrogen (secondary N) is 1. The van der Waals surface area contributed by atoms with E-state index in [1.54, 1.807) is 12.1 Å². The Morgan fingerprint density at radius 1 is 0.897 bits per heavy atom. The van der Waals surface area contributed by atoms with Crippen LogP contribution in [0.15, 0.2) is 54.6 Å². The van der Waals surface area contributed by atoms with Crippen LogP contribution in [-0.4, -0.2) is 60.9 Å². The van der Waals surface area contributed by atoms with Gasteiger partial charge >= 0.3 is 0 Å². The van der Waals surface area contributed by atoms with Crippen molar-refractivity contribution < 1.29 is 14.3 Å². The molecule has 0 bridgehead atoms. The number of carbonyl (C=O) groups is 2. The van der Waals surface area contributed by atoms with E-state index in [4.69, 9.17) is 4.74 Å². The van der Waals surface area contributed by atoms with Crippen molar-refractivity contribution in [1.29, 1.82) is 0 Å². The zero-order valence-electron chi connectivity index (χ0n) is 16.3. The highest BCUT2D eigenvalue weighted by Crippen LogP contribution is 2.17. The normalized spacial score (nSPS) is 16.6. The molecule has 0 atom stereocenters. The minimum atomic E-state index is 0. The van der Waals surface area contributed by atoms with Crippen LogP contribution in [-0.2, 0) is 11.4 Å². The maximum Gasteiger partial charge on any atom is 0.253 e. The van der Waals surface area contributed by atoms with Gasteiger partial charge in [0, 0.05) is 44.8 Å². The van der Waals surface area contributed by atoms with Crippen molar-refractivity contribution in [3.05, 3.63) is 65.7 Å². The molecule has 0 aliphatic carbocycles. The Morgan fingerprint density at radius 3 is 2.10 bits per heavy atom. The quantitative estimate of drug-likeness (QED) is 0.813. The smallest absolute Gasteiger partial charge is 0.253 e. The van der Waals surface area contributed by atoms with E-state index in [2.05, 4.69) is 5.32 Å². The lowest BCUT2D eigenvalue weighted by Gasteiger charge is -2.38. The molecule has 154 valence electrons. The number of halogens is 1. The minimum Gasteiger partial charge on any atom is -0.489 e. The van der Waals surface area contributed by atoms with Gasteiger partial charge in [0.25, 0.3) is 5.91 Å². The fourth-order valence-corrected chi connectivity index (χ4v) is 3.47. The van der Waals surface area contributed by atoms with Gasteiger partial charge in [-0.3, -0.25) is 9.59 Å². The van der Waals surface area contributed by atoms with Crippen LogP contribution >= 0.6 is 12.4 Å². The number of rotatable bonds is 5. The number of benzene rings is 2. The van der Waals surface area contributed by atoms with Crippen LogP contribution in [0.2, 0.25) is 0 Å². The molecule has 2 amide bonds. The summed E-state index contributed by atoms with van der Waals surface area (Å²) >= 11 is 0. The summed E-state index contributed by atoms with van der Waals surface area (Å²) < 4.78 is 5.78. The molecular weight excluding hydrogens is 390 g/mol. The van der Waals surface area contributed by atoms with Gasteiger partial charge in [-0.05, 0) is 29.8 Å². The molecule has 1 N–H and O–H groups in total. The van der Waals surface area contributed by atoms with E-state index >= 15 is 0 Å². The highest BCUT2D eigenvalue weighted by atomic mass is 35.5. The monoisotopic (exact) mass is 415 g/mol. The van der Waals surface area contributed by atoms with E-state index in [-0.39, 0.29) is 30.1 Å². The average molecular weight is 416 g/mol. The molecule has 2 aliphatic rings. The van der Waals surface area contributed by atoms with Gasteiger partial charge in [0.15, 0.2) is 0 Å². The second kappa shape index (κ2) is 9.76. The van der Waals surface area contributed by atoms with Crippen LogP contribution in [0.4, 0.5) is 0 Å². The van der Waals surface area contributed by atoms with Crippen molar-refractivity contribution in [2.24, 2.45) is 5.92 Å². The molecule has 2 heterocycles. The van der Waals surface area contributed by atoms with Crippen molar-refractivity contribution in [1.82, 2.24) is 15.1 Å². The van der Waals surface area contributed by atoms with Gasteiger partial charge in [-0.1, -0.05) is 30.3 Å². The van der Waals surface area contributed by atoms with E-state index in [1.165, 1.54) is 0 Å². The third-order valence-corrected chi connectivity index (χ3v) is 5.36. The first kappa shape index (κ1) is 21.1. The Kier molecular flexibility index (Phi) is 7.12. The fraction of sp³-hybridized carbons (Fsp3) is 0.364. The van der Waals surface area contributed by atoms with Gasteiger partial charge in [0.05, 0.1) is 5.92 Å². The molecule has 0 aromatic heterocycles. The number of carbonyl (C=O) groups excluding carboxylic acids is 2. The van der Waals surface area contributed by atoms with E-state index in [0.29, 0.717) is 38.3 Å². The Labute approximate surface area is 177 Å². The van der Waals surface area contributed by atoms with Crippen LogP contribution < -0.4 is 10.1 Å². The number of ether oxygens (including phenoxy) is 1. The lowest BCUT2D eigenvalue weighted by molar-refractivity contribution is -0.138. The molecule has 2 fully saturated rings. The van der Waals surface area contributed by atoms with Crippen molar-refractivity contribution in [3.63, 3.8) is 0 Å². The highest BCUT2D eigenvalue weighted by Gasteiger charge is 2.32. The molecule has 2 saturated heterocycles. The fourth-order valence-electron chi connectivity index (χ4n) is 3.47. The molecule has 4 rings (SSSR count). The lowest BCUT2D eigenvalue weighted by atomic mass is 10.0. The molecule has 0 radical (unpaired) electrons. The maximum atomic E-state index is 12.7. The molecule has 2 aromatic rings. The third kappa shape index (κ3) is 5.08. The van der Waals surface area contributed by atoms with Crippen LogP contribution in [0.1, 0.15) is 15.9 Å². The maximum absolute atomic E-state index is 12.7. The predicted octanol–water partition coefficient (Wildman–Crippen LogP) is 2.19. The van der Waals surface area contributed by atoms with Gasteiger partial charge in [0.2, 0.25) is 5.91 Å². The molecular formula is C22H26ClN3O3. The number of nitrogens with zero attached hydrogens (tertiary/aromatic N) is 2. The van der Waals surface area contributed by atoms with Crippen molar-refractivity contribution >= 4 is 24.2 Å². The van der Waals surface area contributed by atoms with Crippen LogP contribution in [0.25, 0.3) is 0 Å². The molecule has 2 aliphatic heterocycles. The topological polar surface area (TPSA) is 61.9 Å². The van der Waals surface area contributed by atoms with Crippen LogP contribution in [0.3, 0.4) is 0 Å². The molecule has 6 nitrogen and oxygen atoms in total. The first-order valence-electron chi connectivity index (χ1n) is 9.76. The number of hydrogen-bond donors (Lipinski definition) is 1. The molecule has 0 saturated carbocycles. The summed E-state index contributed by atoms with van der Waals surface area (Å²) in [4.78, 5) is 28.7. The zero-order valence-corrected chi connectivity index (χ0v) is 17.1. The van der Waals surface area contributed by atoms with E-state index < -0.39 is 0 Å². The SMILES string of the molecule is Cl.O=C(c1ccc(OCc2ccccc2)cc1)N1CCN(C(=O)C2CNC2)CC1. The summed E-state index contributed by atoms with van der Waals surface area (Å²) in [6, 6.07) is 17.3. The second-order valence-corrected chi connectivity index (χ2v) is 7.27. The van der Waals surface area contributed by atoms with Crippen LogP contribution in [0, 0.1) is 5.92 Å². The summed E-state index contributed by atoms with van der Waals surface area (Å²) in [5.41, 5.74) is 1.75. The Bertz CT molecular complexity index is 817.